The third kappa shape index (κ3) is 2.01. The molecule has 0 radical (unpaired) electrons. The number of rotatable bonds is 3. The standard InChI is InChI=1S/C14H16N4/c1-15-14-16-8-6-12(17-14)10-18-9-7-11-4-2-3-5-13(11)18/h2-6,8H,7,9-10H2,1H3,(H,15,16,17). The molecule has 0 unspecified atom stereocenters. The number of nitrogens with one attached hydrogen (secondary N) is 1. The van der Waals surface area contributed by atoms with Crippen LogP contribution in [0.1, 0.15) is 11.3 Å². The fraction of sp³-hybridized carbons (Fsp3) is 0.286. The van der Waals surface area contributed by atoms with Crippen molar-refractivity contribution >= 4 is 11.6 Å². The second kappa shape index (κ2) is 4.64. The van der Waals surface area contributed by atoms with E-state index in [4.69, 9.17) is 0 Å². The summed E-state index contributed by atoms with van der Waals surface area (Å²) in [4.78, 5) is 11.0. The second-order valence-corrected chi connectivity index (χ2v) is 4.42. The summed E-state index contributed by atoms with van der Waals surface area (Å²) in [5.41, 5.74) is 3.81. The van der Waals surface area contributed by atoms with Gasteiger partial charge in [-0.05, 0) is 24.1 Å². The zero-order chi connectivity index (χ0) is 12.4. The molecule has 0 atom stereocenters. The monoisotopic (exact) mass is 240 g/mol. The Hall–Kier alpha value is -2.10. The van der Waals surface area contributed by atoms with Gasteiger partial charge in [0.15, 0.2) is 0 Å². The third-order valence-electron chi connectivity index (χ3n) is 3.27. The van der Waals surface area contributed by atoms with Crippen molar-refractivity contribution in [3.8, 4) is 0 Å². The van der Waals surface area contributed by atoms with Crippen LogP contribution in [-0.2, 0) is 13.0 Å². The summed E-state index contributed by atoms with van der Waals surface area (Å²) in [6, 6.07) is 10.6. The van der Waals surface area contributed by atoms with Crippen LogP contribution >= 0.6 is 0 Å². The number of hydrogen-bond acceptors (Lipinski definition) is 4. The molecule has 4 nitrogen and oxygen atoms in total. The van der Waals surface area contributed by atoms with Gasteiger partial charge in [0.25, 0.3) is 0 Å². The van der Waals surface area contributed by atoms with E-state index in [1.54, 1.807) is 6.20 Å². The van der Waals surface area contributed by atoms with E-state index in [2.05, 4.69) is 44.5 Å². The first kappa shape index (κ1) is 11.0. The summed E-state index contributed by atoms with van der Waals surface area (Å²) in [6.45, 7) is 1.91. The molecule has 3 rings (SSSR count). The second-order valence-electron chi connectivity index (χ2n) is 4.42. The minimum Gasteiger partial charge on any atom is -0.365 e. The summed E-state index contributed by atoms with van der Waals surface area (Å²) in [5.74, 6) is 0.681. The number of fused-ring (bicyclic) bond motifs is 1. The molecule has 0 bridgehead atoms. The van der Waals surface area contributed by atoms with Gasteiger partial charge in [0.05, 0.1) is 12.2 Å². The predicted octanol–water partition coefficient (Wildman–Crippen LogP) is 2.08. The van der Waals surface area contributed by atoms with Crippen LogP contribution in [0.25, 0.3) is 0 Å². The van der Waals surface area contributed by atoms with Crippen molar-refractivity contribution in [2.75, 3.05) is 23.8 Å². The molecule has 0 spiro atoms. The first-order valence-electron chi connectivity index (χ1n) is 6.19. The van der Waals surface area contributed by atoms with Crippen molar-refractivity contribution in [2.45, 2.75) is 13.0 Å². The van der Waals surface area contributed by atoms with Crippen LogP contribution in [0.15, 0.2) is 36.5 Å². The van der Waals surface area contributed by atoms with Crippen LogP contribution in [0.5, 0.6) is 0 Å². The maximum atomic E-state index is 4.46. The van der Waals surface area contributed by atoms with Gasteiger partial charge in [0.2, 0.25) is 5.95 Å². The molecule has 1 aromatic carbocycles. The van der Waals surface area contributed by atoms with E-state index >= 15 is 0 Å². The van der Waals surface area contributed by atoms with Crippen molar-refractivity contribution in [1.29, 1.82) is 0 Å². The Morgan fingerprint density at radius 1 is 1.28 bits per heavy atom. The molecule has 18 heavy (non-hydrogen) atoms. The summed E-state index contributed by atoms with van der Waals surface area (Å²) < 4.78 is 0. The molecule has 2 aromatic rings. The van der Waals surface area contributed by atoms with Crippen molar-refractivity contribution in [2.24, 2.45) is 0 Å². The largest absolute Gasteiger partial charge is 0.365 e. The quantitative estimate of drug-likeness (QED) is 0.891. The highest BCUT2D eigenvalue weighted by atomic mass is 15.2. The highest BCUT2D eigenvalue weighted by Gasteiger charge is 2.18. The third-order valence-corrected chi connectivity index (χ3v) is 3.27. The molecular formula is C14H16N4. The van der Waals surface area contributed by atoms with E-state index < -0.39 is 0 Å². The first-order chi connectivity index (χ1) is 8.86. The minimum atomic E-state index is 0.681. The number of hydrogen-bond donors (Lipinski definition) is 1. The molecule has 1 N–H and O–H groups in total. The lowest BCUT2D eigenvalue weighted by molar-refractivity contribution is 0.811. The van der Waals surface area contributed by atoms with Crippen molar-refractivity contribution in [3.63, 3.8) is 0 Å². The smallest absolute Gasteiger partial charge is 0.222 e. The SMILES string of the molecule is CNc1nccc(CN2CCc3ccccc32)n1. The molecule has 0 amide bonds. The molecule has 0 saturated heterocycles. The fourth-order valence-corrected chi connectivity index (χ4v) is 2.37. The zero-order valence-electron chi connectivity index (χ0n) is 10.4. The Morgan fingerprint density at radius 2 is 2.17 bits per heavy atom. The molecule has 2 heterocycles. The van der Waals surface area contributed by atoms with Gasteiger partial charge in [-0.1, -0.05) is 18.2 Å². The lowest BCUT2D eigenvalue weighted by Gasteiger charge is -2.18. The maximum absolute atomic E-state index is 4.46. The van der Waals surface area contributed by atoms with Crippen LogP contribution in [0.4, 0.5) is 11.6 Å². The maximum Gasteiger partial charge on any atom is 0.222 e. The van der Waals surface area contributed by atoms with E-state index in [1.807, 2.05) is 13.1 Å². The molecule has 1 aromatic heterocycles. The summed E-state index contributed by atoms with van der Waals surface area (Å²) in [5, 5.41) is 2.97. The van der Waals surface area contributed by atoms with E-state index in [1.165, 1.54) is 11.3 Å². The lowest BCUT2D eigenvalue weighted by atomic mass is 10.2. The molecule has 0 aliphatic carbocycles. The van der Waals surface area contributed by atoms with Crippen molar-refractivity contribution < 1.29 is 0 Å². The number of para-hydroxylation sites is 1. The highest BCUT2D eigenvalue weighted by Crippen LogP contribution is 2.28. The highest BCUT2D eigenvalue weighted by molar-refractivity contribution is 5.57. The average Bonchev–Trinajstić information content (AvgIpc) is 2.83. The van der Waals surface area contributed by atoms with Gasteiger partial charge in [0.1, 0.15) is 0 Å². The van der Waals surface area contributed by atoms with Crippen LogP contribution in [0.3, 0.4) is 0 Å². The lowest BCUT2D eigenvalue weighted by Crippen LogP contribution is -2.20. The molecule has 92 valence electrons. The Balaban J connectivity index is 1.82. The molecule has 0 saturated carbocycles. The van der Waals surface area contributed by atoms with E-state index in [0.717, 1.165) is 25.2 Å². The van der Waals surface area contributed by atoms with Gasteiger partial charge in [-0.15, -0.1) is 0 Å². The molecule has 4 heteroatoms. The van der Waals surface area contributed by atoms with E-state index in [-0.39, 0.29) is 0 Å². The van der Waals surface area contributed by atoms with Gasteiger partial charge >= 0.3 is 0 Å². The minimum absolute atomic E-state index is 0.681. The van der Waals surface area contributed by atoms with Crippen LogP contribution in [-0.4, -0.2) is 23.6 Å². The normalized spacial score (nSPS) is 13.5. The fourth-order valence-electron chi connectivity index (χ4n) is 2.37. The van der Waals surface area contributed by atoms with Gasteiger partial charge in [0, 0.05) is 25.5 Å². The molecule has 1 aliphatic heterocycles. The summed E-state index contributed by atoms with van der Waals surface area (Å²) >= 11 is 0. The van der Waals surface area contributed by atoms with Crippen LogP contribution in [0, 0.1) is 0 Å². The Labute approximate surface area is 107 Å². The van der Waals surface area contributed by atoms with Gasteiger partial charge in [-0.2, -0.15) is 0 Å². The number of benzene rings is 1. The Morgan fingerprint density at radius 3 is 3.06 bits per heavy atom. The van der Waals surface area contributed by atoms with Crippen LogP contribution < -0.4 is 10.2 Å². The topological polar surface area (TPSA) is 41.1 Å². The molecule has 1 aliphatic rings. The van der Waals surface area contributed by atoms with Crippen LogP contribution in [0.2, 0.25) is 0 Å². The first-order valence-corrected chi connectivity index (χ1v) is 6.19. The van der Waals surface area contributed by atoms with Gasteiger partial charge in [-0.3, -0.25) is 0 Å². The summed E-state index contributed by atoms with van der Waals surface area (Å²) in [6.07, 6.45) is 2.93. The number of anilines is 2. The number of nitrogens with zero attached hydrogens (tertiary/aromatic N) is 3. The van der Waals surface area contributed by atoms with Crippen molar-refractivity contribution in [1.82, 2.24) is 9.97 Å². The Kier molecular flexibility index (Phi) is 2.84. The average molecular weight is 240 g/mol. The molecular weight excluding hydrogens is 224 g/mol. The number of aromatic nitrogens is 2. The van der Waals surface area contributed by atoms with E-state index in [9.17, 15) is 0 Å². The molecule has 0 fully saturated rings. The Bertz CT molecular complexity index is 553. The summed E-state index contributed by atoms with van der Waals surface area (Å²) in [7, 11) is 1.84. The zero-order valence-corrected chi connectivity index (χ0v) is 10.4. The van der Waals surface area contributed by atoms with Crippen molar-refractivity contribution in [3.05, 3.63) is 47.8 Å². The predicted molar refractivity (Wildman–Crippen MR) is 72.8 cm³/mol. The van der Waals surface area contributed by atoms with Gasteiger partial charge in [-0.25, -0.2) is 9.97 Å². The van der Waals surface area contributed by atoms with E-state index in [0.29, 0.717) is 5.95 Å². The van der Waals surface area contributed by atoms with Gasteiger partial charge < -0.3 is 10.2 Å².